The maximum absolute atomic E-state index is 12.9. The number of aryl methyl sites for hydroxylation is 3. The first-order chi connectivity index (χ1) is 13.6. The number of hydrogen-bond acceptors (Lipinski definition) is 5. The van der Waals surface area contributed by atoms with Crippen LogP contribution in [0.25, 0.3) is 0 Å². The van der Waals surface area contributed by atoms with Crippen LogP contribution in [0.2, 0.25) is 0 Å². The topological polar surface area (TPSA) is 99.6 Å². The minimum absolute atomic E-state index is 0.0278. The van der Waals surface area contributed by atoms with E-state index in [9.17, 15) is 18.3 Å². The van der Waals surface area contributed by atoms with Gasteiger partial charge in [-0.25, -0.2) is 18.2 Å². The van der Waals surface area contributed by atoms with Gasteiger partial charge in [0.05, 0.1) is 16.8 Å². The Balaban J connectivity index is 2.42. The number of nitrogens with one attached hydrogen (secondary N) is 1. The molecule has 8 heteroatoms. The molecule has 0 unspecified atom stereocenters. The Hall–Kier alpha value is -2.61. The van der Waals surface area contributed by atoms with E-state index >= 15 is 0 Å². The van der Waals surface area contributed by atoms with Crippen molar-refractivity contribution in [3.8, 4) is 0 Å². The largest absolute Gasteiger partial charge is 0.478 e. The highest BCUT2D eigenvalue weighted by atomic mass is 32.2. The van der Waals surface area contributed by atoms with Gasteiger partial charge in [0.25, 0.3) is 10.0 Å². The Morgan fingerprint density at radius 3 is 2.34 bits per heavy atom. The monoisotopic (exact) mass is 419 g/mol. The molecule has 0 fully saturated rings. The number of pyridine rings is 1. The zero-order chi connectivity index (χ0) is 21.8. The molecule has 0 aliphatic carbocycles. The summed E-state index contributed by atoms with van der Waals surface area (Å²) in [6.45, 7) is 10.8. The van der Waals surface area contributed by atoms with E-state index in [-0.39, 0.29) is 16.1 Å². The maximum Gasteiger partial charge on any atom is 0.339 e. The van der Waals surface area contributed by atoms with Crippen LogP contribution in [0, 0.1) is 20.8 Å². The predicted molar refractivity (Wildman–Crippen MR) is 115 cm³/mol. The van der Waals surface area contributed by atoms with Crippen molar-refractivity contribution in [3.63, 3.8) is 0 Å². The first kappa shape index (κ1) is 22.7. The van der Waals surface area contributed by atoms with Crippen LogP contribution in [0.1, 0.15) is 53.7 Å². The van der Waals surface area contributed by atoms with Crippen LogP contribution in [0.4, 0.5) is 11.5 Å². The molecule has 0 radical (unpaired) electrons. The lowest BCUT2D eigenvalue weighted by molar-refractivity contribution is 0.0697. The number of carbonyl (C=O) groups is 1. The number of hydrogen-bond donors (Lipinski definition) is 2. The zero-order valence-corrected chi connectivity index (χ0v) is 18.4. The highest BCUT2D eigenvalue weighted by Gasteiger charge is 2.22. The minimum atomic E-state index is -3.88. The van der Waals surface area contributed by atoms with Crippen LogP contribution >= 0.6 is 0 Å². The minimum Gasteiger partial charge on any atom is -0.478 e. The summed E-state index contributed by atoms with van der Waals surface area (Å²) < 4.78 is 28.2. The summed E-state index contributed by atoms with van der Waals surface area (Å²) in [6, 6.07) is 4.77. The second-order valence-corrected chi connectivity index (χ2v) is 8.79. The second-order valence-electron chi connectivity index (χ2n) is 7.14. The highest BCUT2D eigenvalue weighted by molar-refractivity contribution is 7.92. The van der Waals surface area contributed by atoms with E-state index in [0.717, 1.165) is 24.0 Å². The van der Waals surface area contributed by atoms with Crippen molar-refractivity contribution >= 4 is 27.5 Å². The molecule has 1 aromatic heterocycles. The zero-order valence-electron chi connectivity index (χ0n) is 17.6. The number of benzene rings is 1. The van der Waals surface area contributed by atoms with Gasteiger partial charge in [0.1, 0.15) is 11.4 Å². The second kappa shape index (κ2) is 9.26. The number of carboxylic acid groups (broad SMARTS) is 1. The van der Waals surface area contributed by atoms with Crippen molar-refractivity contribution in [2.75, 3.05) is 22.7 Å². The number of anilines is 2. The Bertz CT molecular complexity index is 1000. The van der Waals surface area contributed by atoms with Gasteiger partial charge < -0.3 is 10.0 Å². The fourth-order valence-corrected chi connectivity index (χ4v) is 4.47. The van der Waals surface area contributed by atoms with E-state index in [2.05, 4.69) is 16.6 Å². The third-order valence-electron chi connectivity index (χ3n) is 4.89. The Morgan fingerprint density at radius 2 is 1.76 bits per heavy atom. The van der Waals surface area contributed by atoms with Gasteiger partial charge in [-0.2, -0.15) is 0 Å². The molecule has 2 N–H and O–H groups in total. The number of nitrogens with zero attached hydrogens (tertiary/aromatic N) is 2. The van der Waals surface area contributed by atoms with Gasteiger partial charge in [-0.1, -0.05) is 19.4 Å². The van der Waals surface area contributed by atoms with Crippen molar-refractivity contribution in [2.24, 2.45) is 0 Å². The van der Waals surface area contributed by atoms with E-state index < -0.39 is 16.0 Å². The maximum atomic E-state index is 12.9. The van der Waals surface area contributed by atoms with Crippen LogP contribution in [-0.4, -0.2) is 37.6 Å². The molecule has 0 amide bonds. The molecule has 0 spiro atoms. The van der Waals surface area contributed by atoms with E-state index in [1.165, 1.54) is 12.3 Å². The number of rotatable bonds is 9. The van der Waals surface area contributed by atoms with Crippen LogP contribution in [0.3, 0.4) is 0 Å². The van der Waals surface area contributed by atoms with Gasteiger partial charge in [0.15, 0.2) is 0 Å². The number of unbranched alkanes of at least 4 members (excludes halogenated alkanes) is 1. The number of aromatic nitrogens is 1. The smallest absolute Gasteiger partial charge is 0.339 e. The van der Waals surface area contributed by atoms with Crippen molar-refractivity contribution in [2.45, 2.75) is 52.4 Å². The first-order valence-corrected chi connectivity index (χ1v) is 11.2. The van der Waals surface area contributed by atoms with Gasteiger partial charge >= 0.3 is 5.97 Å². The standard InChI is InChI=1S/C21H29N3O4S/c1-6-8-9-24(7-2)20-18(21(25)26)12-17(13-22-20)23-29(27,28)19-11-15(4)14(3)10-16(19)5/h10-13,23H,6-9H2,1-5H3,(H,25,26). The number of aromatic carboxylic acids is 1. The quantitative estimate of drug-likeness (QED) is 0.634. The van der Waals surface area contributed by atoms with E-state index in [1.807, 2.05) is 31.7 Å². The molecule has 0 saturated heterocycles. The van der Waals surface area contributed by atoms with Crippen LogP contribution < -0.4 is 9.62 Å². The highest BCUT2D eigenvalue weighted by Crippen LogP contribution is 2.26. The van der Waals surface area contributed by atoms with Crippen molar-refractivity contribution < 1.29 is 18.3 Å². The molecule has 0 saturated carbocycles. The Labute approximate surface area is 172 Å². The molecule has 0 bridgehead atoms. The van der Waals surface area contributed by atoms with Crippen molar-refractivity contribution in [1.29, 1.82) is 0 Å². The summed E-state index contributed by atoms with van der Waals surface area (Å²) in [6.07, 6.45) is 3.26. The summed E-state index contributed by atoms with van der Waals surface area (Å²) >= 11 is 0. The molecule has 0 atom stereocenters. The molecule has 1 heterocycles. The van der Waals surface area contributed by atoms with Crippen LogP contribution in [-0.2, 0) is 10.0 Å². The Morgan fingerprint density at radius 1 is 1.10 bits per heavy atom. The van der Waals surface area contributed by atoms with Gasteiger partial charge in [-0.15, -0.1) is 0 Å². The Kier molecular flexibility index (Phi) is 7.24. The lowest BCUT2D eigenvalue weighted by atomic mass is 10.1. The lowest BCUT2D eigenvalue weighted by Gasteiger charge is -2.23. The van der Waals surface area contributed by atoms with Gasteiger partial charge in [0.2, 0.25) is 0 Å². The normalized spacial score (nSPS) is 11.3. The average molecular weight is 420 g/mol. The van der Waals surface area contributed by atoms with Crippen LogP contribution in [0.15, 0.2) is 29.3 Å². The molecule has 158 valence electrons. The molecule has 0 aliphatic heterocycles. The third-order valence-corrected chi connectivity index (χ3v) is 6.42. The van der Waals surface area contributed by atoms with E-state index in [4.69, 9.17) is 0 Å². The van der Waals surface area contributed by atoms with E-state index in [0.29, 0.717) is 24.5 Å². The number of sulfonamides is 1. The lowest BCUT2D eigenvalue weighted by Crippen LogP contribution is -2.27. The molecule has 7 nitrogen and oxygen atoms in total. The van der Waals surface area contributed by atoms with Crippen molar-refractivity contribution in [1.82, 2.24) is 4.98 Å². The molecular formula is C21H29N3O4S. The molecule has 0 aliphatic rings. The summed E-state index contributed by atoms with van der Waals surface area (Å²) in [5.74, 6) is -0.801. The third kappa shape index (κ3) is 5.26. The number of carboxylic acids is 1. The summed E-state index contributed by atoms with van der Waals surface area (Å²) in [5.41, 5.74) is 2.59. The van der Waals surface area contributed by atoms with E-state index in [1.54, 1.807) is 13.0 Å². The summed E-state index contributed by atoms with van der Waals surface area (Å²) in [7, 11) is -3.88. The molecule has 29 heavy (non-hydrogen) atoms. The average Bonchev–Trinajstić information content (AvgIpc) is 2.65. The van der Waals surface area contributed by atoms with Gasteiger partial charge in [0, 0.05) is 13.1 Å². The van der Waals surface area contributed by atoms with Gasteiger partial charge in [-0.05, 0) is 62.9 Å². The predicted octanol–water partition coefficient (Wildman–Crippen LogP) is 4.13. The molecule has 1 aromatic carbocycles. The van der Waals surface area contributed by atoms with Crippen LogP contribution in [0.5, 0.6) is 0 Å². The van der Waals surface area contributed by atoms with Gasteiger partial charge in [-0.3, -0.25) is 4.72 Å². The summed E-state index contributed by atoms with van der Waals surface area (Å²) in [5, 5.41) is 9.64. The molecule has 2 rings (SSSR count). The SMILES string of the molecule is CCCCN(CC)c1ncc(NS(=O)(=O)c2cc(C)c(C)cc2C)cc1C(=O)O. The fourth-order valence-electron chi connectivity index (χ4n) is 3.12. The summed E-state index contributed by atoms with van der Waals surface area (Å²) in [4.78, 5) is 18.1. The first-order valence-electron chi connectivity index (χ1n) is 9.69. The molecule has 2 aromatic rings. The van der Waals surface area contributed by atoms with Crippen molar-refractivity contribution in [3.05, 3.63) is 46.6 Å². The molecular weight excluding hydrogens is 390 g/mol. The fraction of sp³-hybridized carbons (Fsp3) is 0.429.